The lowest BCUT2D eigenvalue weighted by atomic mass is 10.4. The Bertz CT molecular complexity index is 466. The number of hydrogen-bond donors (Lipinski definition) is 0. The first-order valence-electron chi connectivity index (χ1n) is 7.87. The fourth-order valence-corrected chi connectivity index (χ4v) is 24.6. The molecule has 0 heterocycles. The van der Waals surface area contributed by atoms with Crippen molar-refractivity contribution >= 4 is 48.7 Å². The maximum absolute atomic E-state index is 7.09. The summed E-state index contributed by atoms with van der Waals surface area (Å²) in [6, 6.07) is 10.6. The van der Waals surface area contributed by atoms with E-state index in [0.717, 1.165) is 0 Å². The zero-order valence-electron chi connectivity index (χ0n) is 15.6. The molecule has 0 amide bonds. The van der Waals surface area contributed by atoms with Gasteiger partial charge in [0.25, 0.3) is 0 Å². The molecule has 1 atom stereocenters. The molecule has 0 fully saturated rings. The normalized spacial score (nSPS) is 15.5. The molecule has 22 heavy (non-hydrogen) atoms. The Hall–Kier alpha value is 0.511. The molecule has 1 aromatic rings. The minimum absolute atomic E-state index is 0.832. The van der Waals surface area contributed by atoms with Crippen molar-refractivity contribution in [2.24, 2.45) is 0 Å². The van der Waals surface area contributed by atoms with E-state index in [1.807, 2.05) is 0 Å². The Morgan fingerprint density at radius 2 is 1.14 bits per heavy atom. The van der Waals surface area contributed by atoms with E-state index in [1.54, 1.807) is 0 Å². The molecular formula is C15H32ClN2PSi3. The zero-order chi connectivity index (χ0) is 17.3. The van der Waals surface area contributed by atoms with Gasteiger partial charge in [0, 0.05) is 5.30 Å². The average molecular weight is 391 g/mol. The first-order chi connectivity index (χ1) is 9.76. The summed E-state index contributed by atoms with van der Waals surface area (Å²) in [5.41, 5.74) is 0. The maximum atomic E-state index is 7.09. The first-order valence-corrected chi connectivity index (χ1v) is 20.4. The van der Waals surface area contributed by atoms with Crippen LogP contribution in [0.3, 0.4) is 0 Å². The summed E-state index contributed by atoms with van der Waals surface area (Å²) in [5, 5.41) is 1.27. The van der Waals surface area contributed by atoms with Crippen molar-refractivity contribution in [1.82, 2.24) is 8.79 Å². The lowest BCUT2D eigenvalue weighted by Crippen LogP contribution is -2.69. The number of benzene rings is 1. The molecule has 126 valence electrons. The molecule has 0 unspecified atom stereocenters. The second-order valence-corrected chi connectivity index (χ2v) is 26.2. The van der Waals surface area contributed by atoms with Crippen LogP contribution in [0.2, 0.25) is 58.9 Å². The average Bonchev–Trinajstić information content (AvgIpc) is 2.31. The van der Waals surface area contributed by atoms with E-state index in [0.29, 0.717) is 0 Å². The van der Waals surface area contributed by atoms with Crippen molar-refractivity contribution in [3.8, 4) is 0 Å². The maximum Gasteiger partial charge on any atom is 0.142 e. The van der Waals surface area contributed by atoms with E-state index in [9.17, 15) is 0 Å². The van der Waals surface area contributed by atoms with Gasteiger partial charge < -0.3 is 0 Å². The number of halogens is 1. The molecule has 0 saturated carbocycles. The Balaban J connectivity index is 3.40. The summed E-state index contributed by atoms with van der Waals surface area (Å²) in [7, 11) is -5.43. The Morgan fingerprint density at radius 3 is 1.45 bits per heavy atom. The van der Waals surface area contributed by atoms with E-state index in [2.05, 4.69) is 98.0 Å². The van der Waals surface area contributed by atoms with Gasteiger partial charge in [0.15, 0.2) is 0 Å². The van der Waals surface area contributed by atoms with Gasteiger partial charge in [0.05, 0.1) is 0 Å². The van der Waals surface area contributed by atoms with Gasteiger partial charge in [-0.2, -0.15) is 0 Å². The van der Waals surface area contributed by atoms with Gasteiger partial charge in [0.2, 0.25) is 0 Å². The van der Waals surface area contributed by atoms with Crippen LogP contribution in [0.4, 0.5) is 0 Å². The van der Waals surface area contributed by atoms with Gasteiger partial charge in [-0.3, -0.25) is 4.34 Å². The second-order valence-electron chi connectivity index (χ2n) is 8.71. The van der Waals surface area contributed by atoms with Crippen molar-refractivity contribution in [2.45, 2.75) is 58.9 Å². The van der Waals surface area contributed by atoms with Gasteiger partial charge in [-0.05, 0) is 0 Å². The molecular weight excluding hydrogens is 359 g/mol. The van der Waals surface area contributed by atoms with Crippen molar-refractivity contribution in [3.05, 3.63) is 30.3 Å². The van der Waals surface area contributed by atoms with Crippen molar-refractivity contribution in [3.63, 3.8) is 0 Å². The third-order valence-electron chi connectivity index (χ3n) is 3.20. The van der Waals surface area contributed by atoms with Crippen LogP contribution in [0.25, 0.3) is 0 Å². The topological polar surface area (TPSA) is 6.48 Å². The largest absolute Gasteiger partial charge is 0.286 e. The summed E-state index contributed by atoms with van der Waals surface area (Å²) in [6.07, 6.45) is 0. The highest BCUT2D eigenvalue weighted by Crippen LogP contribution is 2.51. The van der Waals surface area contributed by atoms with Crippen LogP contribution >= 0.6 is 18.7 Å². The summed E-state index contributed by atoms with van der Waals surface area (Å²) >= 11 is 7.09. The minimum Gasteiger partial charge on any atom is -0.286 e. The van der Waals surface area contributed by atoms with Crippen molar-refractivity contribution in [1.29, 1.82) is 0 Å². The molecule has 1 rings (SSSR count). The number of rotatable bonds is 6. The van der Waals surface area contributed by atoms with E-state index in [1.165, 1.54) is 5.30 Å². The molecule has 0 N–H and O–H groups in total. The number of hydrazine groups is 1. The molecule has 0 aliphatic carbocycles. The Labute approximate surface area is 146 Å². The molecule has 0 bridgehead atoms. The number of nitrogens with zero attached hydrogens (tertiary/aromatic N) is 2. The molecule has 0 aliphatic heterocycles. The zero-order valence-corrected chi connectivity index (χ0v) is 20.3. The van der Waals surface area contributed by atoms with Crippen molar-refractivity contribution in [2.75, 3.05) is 0 Å². The van der Waals surface area contributed by atoms with Crippen LogP contribution in [0.15, 0.2) is 30.3 Å². The predicted molar refractivity (Wildman–Crippen MR) is 113 cm³/mol. The van der Waals surface area contributed by atoms with E-state index in [4.69, 9.17) is 11.2 Å². The highest BCUT2D eigenvalue weighted by atomic mass is 35.7. The summed E-state index contributed by atoms with van der Waals surface area (Å²) in [4.78, 5) is 0. The van der Waals surface area contributed by atoms with E-state index < -0.39 is 32.1 Å². The summed E-state index contributed by atoms with van der Waals surface area (Å²) in [5.74, 6) is 0. The van der Waals surface area contributed by atoms with E-state index in [-0.39, 0.29) is 0 Å². The molecule has 0 saturated heterocycles. The van der Waals surface area contributed by atoms with Crippen LogP contribution in [0, 0.1) is 0 Å². The first kappa shape index (κ1) is 20.6. The summed E-state index contributed by atoms with van der Waals surface area (Å²) in [6.45, 7) is 21.9. The van der Waals surface area contributed by atoms with Gasteiger partial charge in [-0.15, -0.1) is 0 Å². The Kier molecular flexibility index (Phi) is 6.70. The fraction of sp³-hybridized carbons (Fsp3) is 0.600. The van der Waals surface area contributed by atoms with Crippen LogP contribution in [0.1, 0.15) is 0 Å². The number of hydrogen-bond acceptors (Lipinski definition) is 2. The quantitative estimate of drug-likeness (QED) is 0.339. The highest BCUT2D eigenvalue weighted by Gasteiger charge is 2.46. The smallest absolute Gasteiger partial charge is 0.142 e. The fourth-order valence-electron chi connectivity index (χ4n) is 2.88. The molecule has 0 spiro atoms. The van der Waals surface area contributed by atoms with Crippen LogP contribution in [0.5, 0.6) is 0 Å². The van der Waals surface area contributed by atoms with Gasteiger partial charge in [-0.1, -0.05) is 100 Å². The standard InChI is InChI=1S/C15H32ClN2PSi3/c1-20(2,3)17(18(21(4,5)6)22(7,8)9)19(16)15-13-11-10-12-14-15/h10-14H,1-9H3/t19-/m1/s1. The third-order valence-corrected chi connectivity index (χ3v) is 17.3. The van der Waals surface area contributed by atoms with Crippen molar-refractivity contribution < 1.29 is 0 Å². The molecule has 0 aliphatic rings. The van der Waals surface area contributed by atoms with Gasteiger partial charge in [0.1, 0.15) is 32.1 Å². The second kappa shape index (κ2) is 7.18. The molecule has 1 aromatic carbocycles. The van der Waals surface area contributed by atoms with Gasteiger partial charge >= 0.3 is 0 Å². The predicted octanol–water partition coefficient (Wildman–Crippen LogP) is 5.89. The molecule has 0 radical (unpaired) electrons. The molecule has 7 heteroatoms. The highest BCUT2D eigenvalue weighted by molar-refractivity contribution is 7.89. The molecule has 0 aromatic heterocycles. The van der Waals surface area contributed by atoms with Gasteiger partial charge in [-0.25, -0.2) is 4.44 Å². The van der Waals surface area contributed by atoms with Crippen LogP contribution in [-0.4, -0.2) is 33.5 Å². The lowest BCUT2D eigenvalue weighted by Gasteiger charge is -2.56. The Morgan fingerprint density at radius 1 is 0.727 bits per heavy atom. The summed E-state index contributed by atoms with van der Waals surface area (Å²) < 4.78 is 5.44. The van der Waals surface area contributed by atoms with Crippen LogP contribution in [-0.2, 0) is 0 Å². The third kappa shape index (κ3) is 5.26. The minimum atomic E-state index is -1.59. The monoisotopic (exact) mass is 390 g/mol. The SMILES string of the molecule is C[Si](C)(C)N(N([Si](C)(C)C)[Si](C)(C)C)[P@@](Cl)c1ccccc1. The van der Waals surface area contributed by atoms with Crippen LogP contribution < -0.4 is 5.30 Å². The van der Waals surface area contributed by atoms with E-state index >= 15 is 0 Å². The molecule has 2 nitrogen and oxygen atoms in total. The lowest BCUT2D eigenvalue weighted by molar-refractivity contribution is 0.387.